The number of likely N-dealkylation sites (tertiary alicyclic amines) is 1. The second kappa shape index (κ2) is 8.38. The first-order valence-corrected chi connectivity index (χ1v) is 9.14. The number of thioether (sulfide) groups is 1. The monoisotopic (exact) mass is 339 g/mol. The summed E-state index contributed by atoms with van der Waals surface area (Å²) in [4.78, 5) is 26.3. The normalized spacial score (nSPS) is 20.0. The summed E-state index contributed by atoms with van der Waals surface area (Å²) in [5.74, 6) is 2.04. The van der Waals surface area contributed by atoms with E-state index in [4.69, 9.17) is 4.52 Å². The van der Waals surface area contributed by atoms with Gasteiger partial charge < -0.3 is 14.7 Å². The molecule has 128 valence electrons. The third kappa shape index (κ3) is 5.57. The smallest absolute Gasteiger partial charge is 0.238 e. The Morgan fingerprint density at radius 1 is 1.48 bits per heavy atom. The lowest BCUT2D eigenvalue weighted by molar-refractivity contribution is -0.128. The molecule has 7 heteroatoms. The summed E-state index contributed by atoms with van der Waals surface area (Å²) in [5.41, 5.74) is 0. The molecule has 0 aliphatic carbocycles. The average Bonchev–Trinajstić information content (AvgIpc) is 2.79. The minimum Gasteiger partial charge on any atom is -0.360 e. The van der Waals surface area contributed by atoms with Crippen LogP contribution >= 0.6 is 11.8 Å². The molecule has 0 aromatic carbocycles. The summed E-state index contributed by atoms with van der Waals surface area (Å²) in [6.07, 6.45) is 3.32. The van der Waals surface area contributed by atoms with Crippen molar-refractivity contribution in [2.24, 2.45) is 5.92 Å². The van der Waals surface area contributed by atoms with E-state index in [0.29, 0.717) is 23.2 Å². The van der Waals surface area contributed by atoms with E-state index in [1.54, 1.807) is 19.9 Å². The molecule has 1 N–H and O–H groups in total. The zero-order chi connectivity index (χ0) is 16.8. The molecule has 2 heterocycles. The number of carbonyl (C=O) groups is 2. The fourth-order valence-corrected chi connectivity index (χ4v) is 3.31. The minimum atomic E-state index is -0.318. The van der Waals surface area contributed by atoms with Crippen LogP contribution in [0.3, 0.4) is 0 Å². The molecule has 0 spiro atoms. The van der Waals surface area contributed by atoms with Crippen molar-refractivity contribution in [3.05, 3.63) is 11.8 Å². The maximum atomic E-state index is 12.3. The maximum Gasteiger partial charge on any atom is 0.238 e. The molecule has 1 saturated heterocycles. The maximum absolute atomic E-state index is 12.3. The van der Waals surface area contributed by atoms with Gasteiger partial charge in [0.15, 0.2) is 5.82 Å². The fraction of sp³-hybridized carbons (Fsp3) is 0.688. The van der Waals surface area contributed by atoms with Crippen LogP contribution < -0.4 is 5.32 Å². The van der Waals surface area contributed by atoms with Gasteiger partial charge in [0.1, 0.15) is 5.76 Å². The quantitative estimate of drug-likeness (QED) is 0.892. The number of aromatic nitrogens is 1. The van der Waals surface area contributed by atoms with Gasteiger partial charge in [0.25, 0.3) is 0 Å². The third-order valence-electron chi connectivity index (χ3n) is 4.07. The zero-order valence-electron chi connectivity index (χ0n) is 14.0. The second-order valence-corrected chi connectivity index (χ2v) is 7.51. The molecular weight excluding hydrogens is 314 g/mol. The van der Waals surface area contributed by atoms with Gasteiger partial charge in [-0.05, 0) is 39.0 Å². The Kier molecular flexibility index (Phi) is 6.50. The van der Waals surface area contributed by atoms with Crippen molar-refractivity contribution in [2.45, 2.75) is 45.3 Å². The minimum absolute atomic E-state index is 0.126. The van der Waals surface area contributed by atoms with Gasteiger partial charge in [-0.2, -0.15) is 0 Å². The van der Waals surface area contributed by atoms with Crippen LogP contribution in [-0.2, 0) is 9.59 Å². The van der Waals surface area contributed by atoms with Gasteiger partial charge in [0, 0.05) is 19.2 Å². The Labute approximate surface area is 141 Å². The number of nitrogens with one attached hydrogen (secondary N) is 1. The van der Waals surface area contributed by atoms with Crippen LogP contribution in [0.15, 0.2) is 10.6 Å². The van der Waals surface area contributed by atoms with Crippen molar-refractivity contribution in [3.8, 4) is 0 Å². The summed E-state index contributed by atoms with van der Waals surface area (Å²) in [7, 11) is 0. The van der Waals surface area contributed by atoms with Gasteiger partial charge in [-0.15, -0.1) is 11.8 Å². The number of aryl methyl sites for hydroxylation is 1. The van der Waals surface area contributed by atoms with Crippen molar-refractivity contribution in [1.82, 2.24) is 10.1 Å². The van der Waals surface area contributed by atoms with Crippen molar-refractivity contribution in [2.75, 3.05) is 24.2 Å². The van der Waals surface area contributed by atoms with Crippen LogP contribution in [0.1, 0.15) is 38.9 Å². The Morgan fingerprint density at radius 2 is 2.26 bits per heavy atom. The molecule has 23 heavy (non-hydrogen) atoms. The van der Waals surface area contributed by atoms with Crippen LogP contribution in [0.4, 0.5) is 5.82 Å². The van der Waals surface area contributed by atoms with E-state index in [-0.39, 0.29) is 17.1 Å². The van der Waals surface area contributed by atoms with Gasteiger partial charge in [-0.25, -0.2) is 0 Å². The van der Waals surface area contributed by atoms with Crippen molar-refractivity contribution >= 4 is 29.4 Å². The highest BCUT2D eigenvalue weighted by Crippen LogP contribution is 2.19. The molecule has 0 saturated carbocycles. The molecule has 2 rings (SSSR count). The van der Waals surface area contributed by atoms with Crippen LogP contribution in [0.25, 0.3) is 0 Å². The highest BCUT2D eigenvalue weighted by atomic mass is 32.2. The van der Waals surface area contributed by atoms with Crippen LogP contribution in [0.5, 0.6) is 0 Å². The number of carbonyl (C=O) groups excluding carboxylic acids is 2. The van der Waals surface area contributed by atoms with Crippen molar-refractivity contribution in [3.63, 3.8) is 0 Å². The first-order chi connectivity index (χ1) is 11.0. The predicted molar refractivity (Wildman–Crippen MR) is 91.4 cm³/mol. The van der Waals surface area contributed by atoms with E-state index in [9.17, 15) is 9.59 Å². The summed E-state index contributed by atoms with van der Waals surface area (Å²) in [5, 5.41) is 6.11. The van der Waals surface area contributed by atoms with Gasteiger partial charge in [-0.1, -0.05) is 12.1 Å². The summed E-state index contributed by atoms with van der Waals surface area (Å²) >= 11 is 1.36. The summed E-state index contributed by atoms with van der Waals surface area (Å²) < 4.78 is 4.91. The Bertz CT molecular complexity index is 546. The zero-order valence-corrected chi connectivity index (χ0v) is 14.8. The lowest BCUT2D eigenvalue weighted by Gasteiger charge is -2.21. The fourth-order valence-electron chi connectivity index (χ4n) is 2.53. The molecule has 1 aromatic heterocycles. The first kappa shape index (κ1) is 17.8. The number of hydrogen-bond donors (Lipinski definition) is 1. The second-order valence-electron chi connectivity index (χ2n) is 6.18. The van der Waals surface area contributed by atoms with Crippen molar-refractivity contribution < 1.29 is 14.1 Å². The summed E-state index contributed by atoms with van der Waals surface area (Å²) in [6, 6.07) is 1.67. The Hall–Kier alpha value is -1.50. The van der Waals surface area contributed by atoms with E-state index in [2.05, 4.69) is 17.4 Å². The largest absolute Gasteiger partial charge is 0.360 e. The number of amides is 2. The predicted octanol–water partition coefficient (Wildman–Crippen LogP) is 2.69. The lowest BCUT2D eigenvalue weighted by atomic mass is 10.0. The molecule has 2 amide bonds. The molecule has 0 unspecified atom stereocenters. The Balaban J connectivity index is 1.75. The molecule has 6 nitrogen and oxygen atoms in total. The molecule has 1 fully saturated rings. The molecule has 2 atom stereocenters. The average molecular weight is 339 g/mol. The standard InChI is InChI=1S/C16H25N3O3S/c1-11-5-4-7-19(8-6-11)15(20)10-23-13(3)16(21)17-14-9-12(2)22-18-14/h9,11,13H,4-8,10H2,1-3H3,(H,17,18,21)/t11-,13-/m0/s1. The lowest BCUT2D eigenvalue weighted by Crippen LogP contribution is -2.34. The van der Waals surface area contributed by atoms with E-state index < -0.39 is 0 Å². The van der Waals surface area contributed by atoms with Gasteiger partial charge >= 0.3 is 0 Å². The van der Waals surface area contributed by atoms with Gasteiger partial charge in [-0.3, -0.25) is 9.59 Å². The Morgan fingerprint density at radius 3 is 2.96 bits per heavy atom. The summed E-state index contributed by atoms with van der Waals surface area (Å²) in [6.45, 7) is 7.47. The molecule has 1 aliphatic heterocycles. The highest BCUT2D eigenvalue weighted by Gasteiger charge is 2.21. The number of nitrogens with zero attached hydrogens (tertiary/aromatic N) is 2. The van der Waals surface area contributed by atoms with Gasteiger partial charge in [0.2, 0.25) is 11.8 Å². The van der Waals surface area contributed by atoms with E-state index in [1.807, 2.05) is 4.90 Å². The van der Waals surface area contributed by atoms with Crippen molar-refractivity contribution in [1.29, 1.82) is 0 Å². The van der Waals surface area contributed by atoms with E-state index in [0.717, 1.165) is 25.9 Å². The molecule has 0 bridgehead atoms. The first-order valence-electron chi connectivity index (χ1n) is 8.09. The molecular formula is C16H25N3O3S. The van der Waals surface area contributed by atoms with Crippen LogP contribution in [-0.4, -0.2) is 46.0 Å². The topological polar surface area (TPSA) is 75.4 Å². The molecule has 0 radical (unpaired) electrons. The number of rotatable bonds is 5. The number of anilines is 1. The molecule has 1 aliphatic rings. The SMILES string of the molecule is Cc1cc(NC(=O)[C@H](C)SCC(=O)N2CCC[C@H](C)CC2)no1. The van der Waals surface area contributed by atoms with Crippen LogP contribution in [0, 0.1) is 12.8 Å². The number of hydrogen-bond acceptors (Lipinski definition) is 5. The molecule has 1 aromatic rings. The van der Waals surface area contributed by atoms with Crippen LogP contribution in [0.2, 0.25) is 0 Å². The third-order valence-corrected chi connectivity index (χ3v) is 5.20. The van der Waals surface area contributed by atoms with Gasteiger partial charge in [0.05, 0.1) is 11.0 Å². The van der Waals surface area contributed by atoms with E-state index >= 15 is 0 Å². The highest BCUT2D eigenvalue weighted by molar-refractivity contribution is 8.01. The van der Waals surface area contributed by atoms with E-state index in [1.165, 1.54) is 18.2 Å².